The molecule has 0 bridgehead atoms. The highest BCUT2D eigenvalue weighted by Crippen LogP contribution is 2.42. The Kier molecular flexibility index (Phi) is 5.22. The molecule has 27 heavy (non-hydrogen) atoms. The highest BCUT2D eigenvalue weighted by molar-refractivity contribution is 7.12. The van der Waals surface area contributed by atoms with Crippen LogP contribution in [0, 0.1) is 0 Å². The molecule has 0 N–H and O–H groups in total. The van der Waals surface area contributed by atoms with Gasteiger partial charge in [0.05, 0.1) is 6.04 Å². The summed E-state index contributed by atoms with van der Waals surface area (Å²) in [5, 5.41) is 8.69. The molecule has 1 aromatic heterocycles. The third-order valence-corrected chi connectivity index (χ3v) is 5.01. The van der Waals surface area contributed by atoms with Crippen molar-refractivity contribution >= 4 is 17.4 Å². The molecular formula is C19H24FN3O3S. The van der Waals surface area contributed by atoms with Gasteiger partial charge in [0, 0.05) is 5.56 Å². The van der Waals surface area contributed by atoms with E-state index in [1.807, 2.05) is 24.3 Å². The number of hydrogen-bond donors (Lipinski definition) is 0. The number of benzene rings is 1. The summed E-state index contributed by atoms with van der Waals surface area (Å²) in [6.45, 7) is 8.10. The first-order valence-electron chi connectivity index (χ1n) is 8.75. The van der Waals surface area contributed by atoms with Crippen molar-refractivity contribution in [3.8, 4) is 10.6 Å². The maximum absolute atomic E-state index is 14.0. The van der Waals surface area contributed by atoms with Crippen molar-refractivity contribution < 1.29 is 18.7 Å². The molecule has 8 heteroatoms. The van der Waals surface area contributed by atoms with E-state index < -0.39 is 36.2 Å². The minimum absolute atomic E-state index is 0.580. The average Bonchev–Trinajstić information content (AvgIpc) is 3.18. The zero-order valence-electron chi connectivity index (χ0n) is 16.1. The molecule has 146 valence electrons. The summed E-state index contributed by atoms with van der Waals surface area (Å²) >= 11 is 1.45. The maximum atomic E-state index is 14.0. The Labute approximate surface area is 162 Å². The Morgan fingerprint density at radius 2 is 2.00 bits per heavy atom. The van der Waals surface area contributed by atoms with Gasteiger partial charge in [-0.3, -0.25) is 4.90 Å². The Morgan fingerprint density at radius 1 is 1.33 bits per heavy atom. The molecule has 1 saturated heterocycles. The van der Waals surface area contributed by atoms with Crippen molar-refractivity contribution in [1.82, 2.24) is 15.1 Å². The van der Waals surface area contributed by atoms with Gasteiger partial charge in [0.25, 0.3) is 0 Å². The molecule has 1 aliphatic heterocycles. The molecule has 0 radical (unpaired) electrons. The third kappa shape index (κ3) is 4.11. The van der Waals surface area contributed by atoms with Crippen LogP contribution < -0.4 is 0 Å². The van der Waals surface area contributed by atoms with Crippen LogP contribution in [0.15, 0.2) is 29.8 Å². The van der Waals surface area contributed by atoms with Crippen LogP contribution >= 0.6 is 11.3 Å². The van der Waals surface area contributed by atoms with E-state index in [9.17, 15) is 9.18 Å². The first-order valence-corrected chi connectivity index (χ1v) is 9.63. The molecule has 2 aromatic rings. The van der Waals surface area contributed by atoms with Crippen LogP contribution in [-0.2, 0) is 9.47 Å². The Balaban J connectivity index is 1.87. The van der Waals surface area contributed by atoms with E-state index in [2.05, 4.69) is 10.2 Å². The second-order valence-electron chi connectivity index (χ2n) is 7.92. The highest BCUT2D eigenvalue weighted by atomic mass is 32.1. The van der Waals surface area contributed by atoms with Crippen molar-refractivity contribution in [1.29, 1.82) is 0 Å². The number of amides is 1. The first kappa shape index (κ1) is 19.7. The predicted molar refractivity (Wildman–Crippen MR) is 101 cm³/mol. The largest absolute Gasteiger partial charge is 0.444 e. The predicted octanol–water partition coefficient (Wildman–Crippen LogP) is 4.59. The van der Waals surface area contributed by atoms with Crippen LogP contribution in [-0.4, -0.2) is 45.2 Å². The smallest absolute Gasteiger partial charge is 0.413 e. The number of alkyl halides is 1. The second-order valence-corrected chi connectivity index (χ2v) is 8.76. The Hall–Kier alpha value is -2.06. The van der Waals surface area contributed by atoms with Crippen molar-refractivity contribution in [2.45, 2.75) is 58.1 Å². The molecule has 2 atom stereocenters. The van der Waals surface area contributed by atoms with Gasteiger partial charge in [-0.05, 0) is 40.2 Å². The topological polar surface area (TPSA) is 64.5 Å². The van der Waals surface area contributed by atoms with Crippen LogP contribution in [0.3, 0.4) is 0 Å². The van der Waals surface area contributed by atoms with Gasteiger partial charge < -0.3 is 9.47 Å². The van der Waals surface area contributed by atoms with E-state index in [0.29, 0.717) is 0 Å². The minimum atomic E-state index is -0.984. The summed E-state index contributed by atoms with van der Waals surface area (Å²) in [5.74, 6) is 0. The highest BCUT2D eigenvalue weighted by Gasteiger charge is 2.51. The summed E-state index contributed by atoms with van der Waals surface area (Å²) in [6, 6.07) is 6.79. The van der Waals surface area contributed by atoms with E-state index >= 15 is 0 Å². The van der Waals surface area contributed by atoms with Crippen LogP contribution in [0.25, 0.3) is 10.6 Å². The monoisotopic (exact) mass is 393 g/mol. The third-order valence-electron chi connectivity index (χ3n) is 4.27. The standard InChI is InChI=1S/C19H24FN3O3S/c1-18(2,3)26-17(24)23-14(10-20)15(25-19(23,4)5)12-6-8-13(9-7-12)16-22-21-11-27-16/h6-9,11,14-15H,10H2,1-5H3/t14-,15-/m1/s1. The van der Waals surface area contributed by atoms with Crippen LogP contribution in [0.2, 0.25) is 0 Å². The summed E-state index contributed by atoms with van der Waals surface area (Å²) in [7, 11) is 0. The quantitative estimate of drug-likeness (QED) is 0.763. The van der Waals surface area contributed by atoms with Crippen molar-refractivity contribution in [3.05, 3.63) is 35.3 Å². The fraction of sp³-hybridized carbons (Fsp3) is 0.526. The van der Waals surface area contributed by atoms with Gasteiger partial charge in [0.15, 0.2) is 0 Å². The molecule has 0 aliphatic carbocycles. The molecule has 0 spiro atoms. The molecule has 0 unspecified atom stereocenters. The normalized spacial score (nSPS) is 22.1. The average molecular weight is 393 g/mol. The summed E-state index contributed by atoms with van der Waals surface area (Å²) in [6.07, 6.45) is -1.16. The van der Waals surface area contributed by atoms with E-state index in [1.165, 1.54) is 16.2 Å². The maximum Gasteiger partial charge on any atom is 0.413 e. The van der Waals surface area contributed by atoms with Gasteiger partial charge in [-0.15, -0.1) is 10.2 Å². The first-order chi connectivity index (χ1) is 12.6. The summed E-state index contributed by atoms with van der Waals surface area (Å²) in [4.78, 5) is 14.0. The molecule has 0 saturated carbocycles. The van der Waals surface area contributed by atoms with Gasteiger partial charge in [-0.2, -0.15) is 0 Å². The summed E-state index contributed by atoms with van der Waals surface area (Å²) in [5.41, 5.74) is 1.74. The lowest BCUT2D eigenvalue weighted by atomic mass is 10.0. The van der Waals surface area contributed by atoms with E-state index in [1.54, 1.807) is 40.1 Å². The fourth-order valence-corrected chi connectivity index (χ4v) is 3.76. The number of carbonyl (C=O) groups is 1. The number of aromatic nitrogens is 2. The van der Waals surface area contributed by atoms with Gasteiger partial charge in [0.2, 0.25) is 0 Å². The van der Waals surface area contributed by atoms with Crippen molar-refractivity contribution in [3.63, 3.8) is 0 Å². The number of ether oxygens (including phenoxy) is 2. The lowest BCUT2D eigenvalue weighted by Gasteiger charge is -2.34. The number of nitrogens with zero attached hydrogens (tertiary/aromatic N) is 3. The lowest BCUT2D eigenvalue weighted by Crippen LogP contribution is -2.50. The van der Waals surface area contributed by atoms with E-state index in [-0.39, 0.29) is 0 Å². The summed E-state index contributed by atoms with van der Waals surface area (Å²) < 4.78 is 25.5. The van der Waals surface area contributed by atoms with E-state index in [4.69, 9.17) is 9.47 Å². The van der Waals surface area contributed by atoms with Gasteiger partial charge >= 0.3 is 6.09 Å². The van der Waals surface area contributed by atoms with Gasteiger partial charge in [-0.1, -0.05) is 35.6 Å². The zero-order valence-corrected chi connectivity index (χ0v) is 16.9. The molecule has 1 aromatic carbocycles. The molecule has 1 fully saturated rings. The minimum Gasteiger partial charge on any atom is -0.444 e. The van der Waals surface area contributed by atoms with Gasteiger partial charge in [0.1, 0.15) is 34.6 Å². The SMILES string of the molecule is CC(C)(C)OC(=O)N1[C@H](CF)[C@@H](c2ccc(-c3nncs3)cc2)OC1(C)C. The molecule has 1 aliphatic rings. The Bertz CT molecular complexity index is 788. The molecule has 3 rings (SSSR count). The van der Waals surface area contributed by atoms with Gasteiger partial charge in [-0.25, -0.2) is 9.18 Å². The number of halogens is 1. The lowest BCUT2D eigenvalue weighted by molar-refractivity contribution is -0.0797. The van der Waals surface area contributed by atoms with Crippen molar-refractivity contribution in [2.24, 2.45) is 0 Å². The molecule has 2 heterocycles. The number of carbonyl (C=O) groups excluding carboxylic acids is 1. The molecule has 6 nitrogen and oxygen atoms in total. The number of hydrogen-bond acceptors (Lipinski definition) is 6. The van der Waals surface area contributed by atoms with Crippen LogP contribution in [0.5, 0.6) is 0 Å². The second kappa shape index (κ2) is 7.16. The Morgan fingerprint density at radius 3 is 2.52 bits per heavy atom. The fourth-order valence-electron chi connectivity index (χ4n) is 3.20. The molecular weight excluding hydrogens is 369 g/mol. The number of rotatable bonds is 3. The van der Waals surface area contributed by atoms with Crippen molar-refractivity contribution in [2.75, 3.05) is 6.67 Å². The zero-order chi connectivity index (χ0) is 19.8. The van der Waals surface area contributed by atoms with Crippen LogP contribution in [0.4, 0.5) is 9.18 Å². The van der Waals surface area contributed by atoms with Crippen LogP contribution in [0.1, 0.15) is 46.3 Å². The van der Waals surface area contributed by atoms with E-state index in [0.717, 1.165) is 16.1 Å². The molecule has 1 amide bonds.